The van der Waals surface area contributed by atoms with Crippen molar-refractivity contribution >= 4 is 29.5 Å². The number of carbonyl (C=O) groups excluding carboxylic acids is 3. The van der Waals surface area contributed by atoms with Crippen molar-refractivity contribution in [2.75, 3.05) is 65.7 Å². The van der Waals surface area contributed by atoms with Gasteiger partial charge in [-0.25, -0.2) is 0 Å². The Morgan fingerprint density at radius 3 is 2.61 bits per heavy atom. The predicted octanol–water partition coefficient (Wildman–Crippen LogP) is 1.46. The van der Waals surface area contributed by atoms with Crippen LogP contribution in [0, 0.1) is 11.8 Å². The zero-order chi connectivity index (χ0) is 26.5. The zero-order valence-corrected chi connectivity index (χ0v) is 23.0. The highest BCUT2D eigenvalue weighted by atomic mass is 32.2. The largest absolute Gasteiger partial charge is 0.465 e. The molecule has 1 spiro atoms. The maximum atomic E-state index is 14.3. The summed E-state index contributed by atoms with van der Waals surface area (Å²) in [7, 11) is 0. The highest BCUT2D eigenvalue weighted by molar-refractivity contribution is 8.02. The standard InChI is InChI=1S/C28H41N3O6S/c32-17-6-2-1-5-12-31-24-26(34)30(14-13-29-15-19-36-20-16-29)11-8-10-28(24)23(25(31)33)22-21(38-28)9-4-3-7-18-37-27(22)35/h4,8-10,21-24,32H,1-3,5-7,11-20H2/b9-4-/t21-,22+,23-,24?,28-/m0/s1. The molecule has 3 fully saturated rings. The van der Waals surface area contributed by atoms with E-state index in [9.17, 15) is 14.4 Å². The Kier molecular flexibility index (Phi) is 9.13. The van der Waals surface area contributed by atoms with E-state index in [1.807, 2.05) is 11.0 Å². The summed E-state index contributed by atoms with van der Waals surface area (Å²) in [6, 6.07) is -0.636. The molecule has 38 heavy (non-hydrogen) atoms. The average molecular weight is 548 g/mol. The van der Waals surface area contributed by atoms with Gasteiger partial charge in [0.25, 0.3) is 0 Å². The minimum atomic E-state index is -0.787. The van der Waals surface area contributed by atoms with Crippen LogP contribution in [0.25, 0.3) is 0 Å². The first kappa shape index (κ1) is 27.7. The lowest BCUT2D eigenvalue weighted by molar-refractivity contribution is -0.153. The van der Waals surface area contributed by atoms with Gasteiger partial charge in [0.15, 0.2) is 0 Å². The number of aliphatic hydroxyl groups is 1. The van der Waals surface area contributed by atoms with Crippen molar-refractivity contribution in [3.05, 3.63) is 24.3 Å². The number of thioether (sulfide) groups is 1. The van der Waals surface area contributed by atoms with Gasteiger partial charge in [-0.15, -0.1) is 11.8 Å². The van der Waals surface area contributed by atoms with Gasteiger partial charge in [-0.2, -0.15) is 0 Å². The second kappa shape index (κ2) is 12.5. The molecule has 0 aromatic heterocycles. The van der Waals surface area contributed by atoms with Gasteiger partial charge in [0.1, 0.15) is 6.04 Å². The number of ether oxygens (including phenoxy) is 2. The number of cyclic esters (lactones) is 1. The first-order chi connectivity index (χ1) is 18.6. The number of fused-ring (bicyclic) bond motifs is 2. The van der Waals surface area contributed by atoms with Crippen LogP contribution < -0.4 is 0 Å². The van der Waals surface area contributed by atoms with Gasteiger partial charge in [-0.05, 0) is 25.7 Å². The van der Waals surface area contributed by atoms with Crippen LogP contribution in [-0.4, -0.2) is 119 Å². The third-order valence-electron chi connectivity index (χ3n) is 8.53. The summed E-state index contributed by atoms with van der Waals surface area (Å²) in [6.07, 6.45) is 13.1. The number of nitrogens with zero attached hydrogens (tertiary/aromatic N) is 3. The molecule has 0 aromatic rings. The molecule has 0 saturated carbocycles. The second-order valence-corrected chi connectivity index (χ2v) is 12.4. The molecule has 5 atom stereocenters. The highest BCUT2D eigenvalue weighted by Gasteiger charge is 2.70. The summed E-state index contributed by atoms with van der Waals surface area (Å²) in [5, 5.41) is 8.94. The van der Waals surface area contributed by atoms with Crippen molar-refractivity contribution in [2.24, 2.45) is 11.8 Å². The van der Waals surface area contributed by atoms with Crippen LogP contribution in [0.2, 0.25) is 0 Å². The average Bonchev–Trinajstić information content (AvgIpc) is 3.33. The number of unbranched alkanes of at least 4 members (excludes halogenated alkanes) is 3. The Morgan fingerprint density at radius 2 is 1.79 bits per heavy atom. The summed E-state index contributed by atoms with van der Waals surface area (Å²) in [4.78, 5) is 47.7. The summed E-state index contributed by atoms with van der Waals surface area (Å²) >= 11 is 1.61. The maximum Gasteiger partial charge on any atom is 0.311 e. The number of esters is 1. The van der Waals surface area contributed by atoms with Gasteiger partial charge in [0, 0.05) is 51.1 Å². The molecule has 210 valence electrons. The molecule has 9 nitrogen and oxygen atoms in total. The molecule has 0 radical (unpaired) electrons. The smallest absolute Gasteiger partial charge is 0.311 e. The van der Waals surface area contributed by atoms with E-state index in [0.29, 0.717) is 39.5 Å². The molecule has 10 heteroatoms. The van der Waals surface area contributed by atoms with Gasteiger partial charge in [-0.3, -0.25) is 19.3 Å². The van der Waals surface area contributed by atoms with Gasteiger partial charge < -0.3 is 24.4 Å². The van der Waals surface area contributed by atoms with Crippen LogP contribution in [0.4, 0.5) is 0 Å². The van der Waals surface area contributed by atoms with Crippen molar-refractivity contribution in [2.45, 2.75) is 54.6 Å². The van der Waals surface area contributed by atoms with E-state index >= 15 is 0 Å². The number of carbonyl (C=O) groups is 3. The van der Waals surface area contributed by atoms with Crippen LogP contribution in [0.3, 0.4) is 0 Å². The number of allylic oxidation sites excluding steroid dienone is 1. The van der Waals surface area contributed by atoms with Gasteiger partial charge in [-0.1, -0.05) is 37.1 Å². The highest BCUT2D eigenvalue weighted by Crippen LogP contribution is 2.60. The fraction of sp³-hybridized carbons (Fsp3) is 0.750. The van der Waals surface area contributed by atoms with Crippen LogP contribution in [-0.2, 0) is 23.9 Å². The Balaban J connectivity index is 1.42. The fourth-order valence-electron chi connectivity index (χ4n) is 6.58. The molecule has 1 N–H and O–H groups in total. The van der Waals surface area contributed by atoms with Crippen molar-refractivity contribution in [3.8, 4) is 0 Å². The second-order valence-electron chi connectivity index (χ2n) is 10.9. The zero-order valence-electron chi connectivity index (χ0n) is 22.2. The lowest BCUT2D eigenvalue weighted by atomic mass is 9.78. The Hall–Kier alpha value is -1.88. The minimum Gasteiger partial charge on any atom is -0.465 e. The molecule has 5 aliphatic heterocycles. The lowest BCUT2D eigenvalue weighted by Crippen LogP contribution is -2.54. The molecule has 2 amide bonds. The molecular formula is C28H41N3O6S. The summed E-state index contributed by atoms with van der Waals surface area (Å²) in [5.74, 6) is -1.65. The van der Waals surface area contributed by atoms with Crippen molar-refractivity contribution < 1.29 is 29.0 Å². The first-order valence-corrected chi connectivity index (χ1v) is 15.1. The topological polar surface area (TPSA) is 99.6 Å². The molecule has 1 unspecified atom stereocenters. The van der Waals surface area contributed by atoms with Crippen molar-refractivity contribution in [3.63, 3.8) is 0 Å². The number of hydrogen-bond donors (Lipinski definition) is 1. The third kappa shape index (κ3) is 5.42. The van der Waals surface area contributed by atoms with E-state index in [1.165, 1.54) is 0 Å². The van der Waals surface area contributed by atoms with Crippen molar-refractivity contribution in [1.29, 1.82) is 0 Å². The van der Waals surface area contributed by atoms with E-state index in [0.717, 1.165) is 58.2 Å². The fourth-order valence-corrected chi connectivity index (χ4v) is 8.58. The molecule has 0 aliphatic carbocycles. The molecule has 0 aromatic carbocycles. The van der Waals surface area contributed by atoms with Crippen LogP contribution in [0.5, 0.6) is 0 Å². The number of amides is 2. The SMILES string of the molecule is O=C1OCCC/C=C\[C@@H]2S[C@]34C=CCN(CCN5CCOCC5)C(=O)C3N(CCCCCCO)C(=O)[C@@H]4[C@H]12. The molecule has 3 saturated heterocycles. The van der Waals surface area contributed by atoms with E-state index < -0.39 is 22.6 Å². The van der Waals surface area contributed by atoms with Crippen LogP contribution >= 0.6 is 11.8 Å². The van der Waals surface area contributed by atoms with Crippen LogP contribution in [0.1, 0.15) is 38.5 Å². The Labute approximate surface area is 229 Å². The maximum absolute atomic E-state index is 14.3. The number of morpholine rings is 1. The van der Waals surface area contributed by atoms with Crippen molar-refractivity contribution in [1.82, 2.24) is 14.7 Å². The Bertz CT molecular complexity index is 938. The van der Waals surface area contributed by atoms with Crippen LogP contribution in [0.15, 0.2) is 24.3 Å². The number of rotatable bonds is 9. The van der Waals surface area contributed by atoms with Gasteiger partial charge >= 0.3 is 5.97 Å². The first-order valence-electron chi connectivity index (χ1n) is 14.3. The molecule has 5 heterocycles. The molecule has 0 bridgehead atoms. The van der Waals surface area contributed by atoms with Gasteiger partial charge in [0.05, 0.1) is 36.4 Å². The minimum absolute atomic E-state index is 0.0224. The summed E-state index contributed by atoms with van der Waals surface area (Å²) in [5.41, 5.74) is 0. The lowest BCUT2D eigenvalue weighted by Gasteiger charge is -2.36. The van der Waals surface area contributed by atoms with Gasteiger partial charge in [0.2, 0.25) is 11.8 Å². The van der Waals surface area contributed by atoms with E-state index in [-0.39, 0.29) is 29.6 Å². The van der Waals surface area contributed by atoms with E-state index in [1.54, 1.807) is 16.7 Å². The normalized spacial score (nSPS) is 34.6. The molecule has 5 aliphatic rings. The number of hydrogen-bond acceptors (Lipinski definition) is 8. The van der Waals surface area contributed by atoms with E-state index in [2.05, 4.69) is 23.1 Å². The number of aliphatic hydroxyl groups excluding tert-OH is 1. The third-order valence-corrected chi connectivity index (χ3v) is 10.3. The quantitative estimate of drug-likeness (QED) is 0.263. The Morgan fingerprint density at radius 1 is 0.974 bits per heavy atom. The summed E-state index contributed by atoms with van der Waals surface area (Å²) < 4.78 is 10.3. The predicted molar refractivity (Wildman–Crippen MR) is 144 cm³/mol. The molecular weight excluding hydrogens is 506 g/mol. The number of likely N-dealkylation sites (tertiary alicyclic amines) is 1. The molecule has 5 rings (SSSR count). The summed E-state index contributed by atoms with van der Waals surface area (Å²) in [6.45, 7) is 6.01. The monoisotopic (exact) mass is 547 g/mol. The van der Waals surface area contributed by atoms with E-state index in [4.69, 9.17) is 14.6 Å².